The first-order valence-electron chi connectivity index (χ1n) is 6.85. The maximum atomic E-state index is 12.5. The van der Waals surface area contributed by atoms with Crippen molar-refractivity contribution in [1.82, 2.24) is 4.72 Å². The van der Waals surface area contributed by atoms with E-state index in [9.17, 15) is 18.5 Å². The summed E-state index contributed by atoms with van der Waals surface area (Å²) >= 11 is 5.83. The first-order valence-corrected chi connectivity index (χ1v) is 8.72. The van der Waals surface area contributed by atoms with Crippen LogP contribution in [0.1, 0.15) is 24.9 Å². The van der Waals surface area contributed by atoms with Gasteiger partial charge in [0.05, 0.1) is 9.82 Å². The van der Waals surface area contributed by atoms with E-state index in [1.54, 1.807) is 24.3 Å². The molecule has 1 N–H and O–H groups in total. The zero-order valence-electron chi connectivity index (χ0n) is 12.3. The third-order valence-electron chi connectivity index (χ3n) is 3.32. The zero-order chi connectivity index (χ0) is 17.0. The van der Waals surface area contributed by atoms with E-state index in [1.807, 2.05) is 6.92 Å². The Morgan fingerprint density at radius 3 is 2.43 bits per heavy atom. The molecule has 0 amide bonds. The minimum atomic E-state index is -3.87. The van der Waals surface area contributed by atoms with E-state index in [-0.39, 0.29) is 10.6 Å². The summed E-state index contributed by atoms with van der Waals surface area (Å²) in [6.07, 6.45) is 0.524. The predicted octanol–water partition coefficient (Wildman–Crippen LogP) is 3.68. The lowest BCUT2D eigenvalue weighted by molar-refractivity contribution is -0.385. The van der Waals surface area contributed by atoms with E-state index in [0.29, 0.717) is 11.4 Å². The fraction of sp³-hybridized carbons (Fsp3) is 0.200. The van der Waals surface area contributed by atoms with Crippen LogP contribution in [0.2, 0.25) is 5.02 Å². The molecule has 0 aliphatic carbocycles. The topological polar surface area (TPSA) is 89.3 Å². The highest BCUT2D eigenvalue weighted by Crippen LogP contribution is 2.23. The van der Waals surface area contributed by atoms with Crippen LogP contribution in [0.4, 0.5) is 5.69 Å². The smallest absolute Gasteiger partial charge is 0.258 e. The van der Waals surface area contributed by atoms with Gasteiger partial charge in [-0.1, -0.05) is 36.7 Å². The molecule has 0 saturated heterocycles. The maximum absolute atomic E-state index is 12.5. The quantitative estimate of drug-likeness (QED) is 0.633. The van der Waals surface area contributed by atoms with Crippen molar-refractivity contribution in [3.05, 3.63) is 69.2 Å². The second kappa shape index (κ2) is 7.08. The summed E-state index contributed by atoms with van der Waals surface area (Å²) in [5, 5.41) is 11.4. The van der Waals surface area contributed by atoms with Gasteiger partial charge in [0.1, 0.15) is 0 Å². The fourth-order valence-electron chi connectivity index (χ4n) is 2.10. The first-order chi connectivity index (χ1) is 10.8. The Hall–Kier alpha value is -1.96. The van der Waals surface area contributed by atoms with Gasteiger partial charge in [-0.05, 0) is 30.2 Å². The number of nitro groups is 1. The van der Waals surface area contributed by atoms with Crippen LogP contribution in [0, 0.1) is 10.1 Å². The van der Waals surface area contributed by atoms with Gasteiger partial charge in [-0.2, -0.15) is 0 Å². The number of halogens is 1. The molecule has 8 heteroatoms. The Balaban J connectivity index is 2.30. The average molecular weight is 355 g/mol. The number of hydrogen-bond acceptors (Lipinski definition) is 4. The molecule has 0 spiro atoms. The first kappa shape index (κ1) is 17.4. The Kier molecular flexibility index (Phi) is 5.35. The molecule has 0 radical (unpaired) electrons. The normalized spacial score (nSPS) is 12.8. The number of nitrogens with one attached hydrogen (secondary N) is 1. The molecule has 1 atom stereocenters. The van der Waals surface area contributed by atoms with E-state index in [4.69, 9.17) is 11.6 Å². The number of benzene rings is 2. The van der Waals surface area contributed by atoms with E-state index < -0.39 is 21.0 Å². The van der Waals surface area contributed by atoms with Crippen LogP contribution in [0.25, 0.3) is 0 Å². The van der Waals surface area contributed by atoms with Gasteiger partial charge in [0, 0.05) is 23.2 Å². The molecule has 0 saturated carbocycles. The highest BCUT2D eigenvalue weighted by Gasteiger charge is 2.22. The number of nitrogens with zero attached hydrogens (tertiary/aromatic N) is 1. The maximum Gasteiger partial charge on any atom is 0.270 e. The Morgan fingerprint density at radius 2 is 1.87 bits per heavy atom. The molecule has 23 heavy (non-hydrogen) atoms. The molecule has 6 nitrogen and oxygen atoms in total. The monoisotopic (exact) mass is 354 g/mol. The van der Waals surface area contributed by atoms with Crippen molar-refractivity contribution in [2.24, 2.45) is 0 Å². The van der Waals surface area contributed by atoms with Crippen LogP contribution < -0.4 is 4.72 Å². The van der Waals surface area contributed by atoms with Crippen molar-refractivity contribution in [1.29, 1.82) is 0 Å². The summed E-state index contributed by atoms with van der Waals surface area (Å²) in [5.74, 6) is 0. The van der Waals surface area contributed by atoms with Crippen LogP contribution in [0.15, 0.2) is 53.4 Å². The minimum Gasteiger partial charge on any atom is -0.258 e. The standard InChI is InChI=1S/C15H15ClN2O4S/c1-2-15(11-6-8-12(16)9-7-11)17-23(21,22)14-5-3-4-13(10-14)18(19)20/h3-10,15,17H,2H2,1H3/t15-/m1/s1. The van der Waals surface area contributed by atoms with Gasteiger partial charge in [0.25, 0.3) is 5.69 Å². The predicted molar refractivity (Wildman–Crippen MR) is 87.9 cm³/mol. The molecule has 0 bridgehead atoms. The molecular formula is C15H15ClN2O4S. The SMILES string of the molecule is CC[C@@H](NS(=O)(=O)c1cccc([N+](=O)[O-])c1)c1ccc(Cl)cc1. The van der Waals surface area contributed by atoms with Crippen molar-refractivity contribution in [3.8, 4) is 0 Å². The highest BCUT2D eigenvalue weighted by molar-refractivity contribution is 7.89. The molecule has 0 unspecified atom stereocenters. The summed E-state index contributed by atoms with van der Waals surface area (Å²) in [7, 11) is -3.87. The molecule has 0 fully saturated rings. The molecule has 2 rings (SSSR count). The largest absolute Gasteiger partial charge is 0.270 e. The number of nitro benzene ring substituents is 1. The molecule has 0 aromatic heterocycles. The average Bonchev–Trinajstić information content (AvgIpc) is 2.53. The lowest BCUT2D eigenvalue weighted by Crippen LogP contribution is -2.28. The summed E-state index contributed by atoms with van der Waals surface area (Å²) in [6.45, 7) is 1.84. The van der Waals surface area contributed by atoms with Crippen molar-refractivity contribution >= 4 is 27.3 Å². The number of sulfonamides is 1. The lowest BCUT2D eigenvalue weighted by atomic mass is 10.1. The van der Waals surface area contributed by atoms with Gasteiger partial charge in [0.2, 0.25) is 10.0 Å². The second-order valence-electron chi connectivity index (χ2n) is 4.89. The third-order valence-corrected chi connectivity index (χ3v) is 5.04. The Morgan fingerprint density at radius 1 is 1.22 bits per heavy atom. The van der Waals surface area contributed by atoms with Gasteiger partial charge in [-0.25, -0.2) is 13.1 Å². The second-order valence-corrected chi connectivity index (χ2v) is 7.04. The fourth-order valence-corrected chi connectivity index (χ4v) is 3.57. The van der Waals surface area contributed by atoms with Gasteiger partial charge < -0.3 is 0 Å². The summed E-state index contributed by atoms with van der Waals surface area (Å²) < 4.78 is 27.5. The summed E-state index contributed by atoms with van der Waals surface area (Å²) in [6, 6.07) is 11.4. The van der Waals surface area contributed by atoms with Crippen molar-refractivity contribution in [2.45, 2.75) is 24.3 Å². The molecule has 0 aliphatic rings. The third kappa shape index (κ3) is 4.28. The van der Waals surface area contributed by atoms with Crippen LogP contribution in [0.5, 0.6) is 0 Å². The molecule has 0 heterocycles. The van der Waals surface area contributed by atoms with E-state index in [1.165, 1.54) is 18.2 Å². The molecular weight excluding hydrogens is 340 g/mol. The van der Waals surface area contributed by atoms with Crippen LogP contribution >= 0.6 is 11.6 Å². The van der Waals surface area contributed by atoms with E-state index in [2.05, 4.69) is 4.72 Å². The zero-order valence-corrected chi connectivity index (χ0v) is 13.8. The van der Waals surface area contributed by atoms with E-state index >= 15 is 0 Å². The Labute approximate surface area is 139 Å². The van der Waals surface area contributed by atoms with Crippen LogP contribution in [-0.4, -0.2) is 13.3 Å². The molecule has 122 valence electrons. The summed E-state index contributed by atoms with van der Waals surface area (Å²) in [4.78, 5) is 10.0. The number of hydrogen-bond donors (Lipinski definition) is 1. The van der Waals surface area contributed by atoms with Crippen LogP contribution in [-0.2, 0) is 10.0 Å². The number of non-ortho nitro benzene ring substituents is 1. The molecule has 2 aromatic rings. The minimum absolute atomic E-state index is 0.140. The highest BCUT2D eigenvalue weighted by atomic mass is 35.5. The van der Waals surface area contributed by atoms with Gasteiger partial charge in [0.15, 0.2) is 0 Å². The van der Waals surface area contributed by atoms with Crippen LogP contribution in [0.3, 0.4) is 0 Å². The van der Waals surface area contributed by atoms with Gasteiger partial charge in [-0.15, -0.1) is 0 Å². The summed E-state index contributed by atoms with van der Waals surface area (Å²) in [5.41, 5.74) is 0.498. The van der Waals surface area contributed by atoms with Crippen molar-refractivity contribution in [2.75, 3.05) is 0 Å². The Bertz CT molecular complexity index is 806. The lowest BCUT2D eigenvalue weighted by Gasteiger charge is -2.17. The number of rotatable bonds is 6. The van der Waals surface area contributed by atoms with E-state index in [0.717, 1.165) is 11.6 Å². The molecule has 0 aliphatic heterocycles. The van der Waals surface area contributed by atoms with Gasteiger partial charge in [-0.3, -0.25) is 10.1 Å². The van der Waals surface area contributed by atoms with Gasteiger partial charge >= 0.3 is 0 Å². The van der Waals surface area contributed by atoms with Crippen molar-refractivity contribution in [3.63, 3.8) is 0 Å². The molecule has 2 aromatic carbocycles. The van der Waals surface area contributed by atoms with Crippen molar-refractivity contribution < 1.29 is 13.3 Å².